The highest BCUT2D eigenvalue weighted by Crippen LogP contribution is 2.26. The van der Waals surface area contributed by atoms with Crippen LogP contribution in [0, 0.1) is 13.8 Å². The Morgan fingerprint density at radius 2 is 1.87 bits per heavy atom. The number of rotatable bonds is 7. The molecule has 4 aromatic rings. The Labute approximate surface area is 185 Å². The van der Waals surface area contributed by atoms with E-state index in [9.17, 15) is 8.42 Å². The van der Waals surface area contributed by atoms with Gasteiger partial charge in [-0.1, -0.05) is 18.7 Å². The molecule has 0 aliphatic rings. The quantitative estimate of drug-likeness (QED) is 0.392. The van der Waals surface area contributed by atoms with E-state index in [2.05, 4.69) is 26.6 Å². The molecule has 0 unspecified atom stereocenters. The van der Waals surface area contributed by atoms with E-state index in [1.54, 1.807) is 16.6 Å². The molecule has 0 saturated carbocycles. The third-order valence-electron chi connectivity index (χ3n) is 4.95. The first-order chi connectivity index (χ1) is 14.7. The van der Waals surface area contributed by atoms with Crippen molar-refractivity contribution in [2.75, 3.05) is 14.1 Å². The highest BCUT2D eigenvalue weighted by molar-refractivity contribution is 7.98. The Hall–Kier alpha value is -2.50. The van der Waals surface area contributed by atoms with Crippen LogP contribution in [0.1, 0.15) is 30.6 Å². The zero-order valence-corrected chi connectivity index (χ0v) is 19.8. The summed E-state index contributed by atoms with van der Waals surface area (Å²) in [5.74, 6) is 2.01. The van der Waals surface area contributed by atoms with Crippen LogP contribution in [0.3, 0.4) is 0 Å². The fraction of sp³-hybridized carbons (Fsp3) is 0.400. The van der Waals surface area contributed by atoms with Gasteiger partial charge in [0.1, 0.15) is 5.82 Å². The molecule has 0 saturated heterocycles. The van der Waals surface area contributed by atoms with Gasteiger partial charge in [0.25, 0.3) is 5.78 Å². The molecule has 3 heterocycles. The molecule has 4 rings (SSSR count). The van der Waals surface area contributed by atoms with E-state index in [1.165, 1.54) is 30.2 Å². The minimum atomic E-state index is -3.51. The van der Waals surface area contributed by atoms with Gasteiger partial charge in [0.05, 0.1) is 21.7 Å². The van der Waals surface area contributed by atoms with E-state index in [0.717, 1.165) is 35.7 Å². The molecule has 0 fully saturated rings. The second-order valence-corrected chi connectivity index (χ2v) is 10.6. The number of fused-ring (bicyclic) bond motifs is 2. The fourth-order valence-electron chi connectivity index (χ4n) is 3.45. The van der Waals surface area contributed by atoms with Crippen molar-refractivity contribution in [3.8, 4) is 0 Å². The number of hydrogen-bond donors (Lipinski definition) is 0. The van der Waals surface area contributed by atoms with Crippen LogP contribution in [0.15, 0.2) is 34.3 Å². The van der Waals surface area contributed by atoms with Gasteiger partial charge in [-0.15, -0.1) is 5.10 Å². The molecule has 31 heavy (non-hydrogen) atoms. The molecule has 0 bridgehead atoms. The molecule has 9 nitrogen and oxygen atoms in total. The van der Waals surface area contributed by atoms with Crippen LogP contribution in [0.4, 0.5) is 0 Å². The summed E-state index contributed by atoms with van der Waals surface area (Å²) < 4.78 is 30.1. The zero-order valence-electron chi connectivity index (χ0n) is 18.2. The largest absolute Gasteiger partial charge is 0.327 e. The fourth-order valence-corrected chi connectivity index (χ4v) is 5.14. The first kappa shape index (κ1) is 21.7. The van der Waals surface area contributed by atoms with E-state index in [4.69, 9.17) is 4.98 Å². The minimum absolute atomic E-state index is 0.240. The Morgan fingerprint density at radius 1 is 1.10 bits per heavy atom. The minimum Gasteiger partial charge on any atom is -0.327 e. The van der Waals surface area contributed by atoms with E-state index in [1.807, 2.05) is 26.0 Å². The normalized spacial score (nSPS) is 12.5. The third kappa shape index (κ3) is 4.04. The smallest absolute Gasteiger partial charge is 0.253 e. The summed E-state index contributed by atoms with van der Waals surface area (Å²) in [7, 11) is -0.463. The molecule has 0 radical (unpaired) electrons. The molecule has 0 aliphatic heterocycles. The number of nitrogens with zero attached hydrogens (tertiary/aromatic N) is 7. The molecular weight excluding hydrogens is 434 g/mol. The van der Waals surface area contributed by atoms with E-state index < -0.39 is 10.0 Å². The summed E-state index contributed by atoms with van der Waals surface area (Å²) >= 11 is 1.49. The summed E-state index contributed by atoms with van der Waals surface area (Å²) in [4.78, 5) is 13.9. The predicted molar refractivity (Wildman–Crippen MR) is 121 cm³/mol. The van der Waals surface area contributed by atoms with Crippen molar-refractivity contribution >= 4 is 38.6 Å². The lowest BCUT2D eigenvalue weighted by Gasteiger charge is -2.11. The maximum absolute atomic E-state index is 12.5. The summed E-state index contributed by atoms with van der Waals surface area (Å²) in [5, 5.41) is 5.18. The van der Waals surface area contributed by atoms with Crippen molar-refractivity contribution in [1.82, 2.24) is 33.4 Å². The van der Waals surface area contributed by atoms with Crippen LogP contribution in [0.25, 0.3) is 16.8 Å². The average molecular weight is 460 g/mol. The Kier molecular flexibility index (Phi) is 5.75. The topological polar surface area (TPSA) is 98.3 Å². The maximum atomic E-state index is 12.5. The van der Waals surface area contributed by atoms with Crippen LogP contribution in [0.5, 0.6) is 0 Å². The highest BCUT2D eigenvalue weighted by Gasteiger charge is 2.20. The lowest BCUT2D eigenvalue weighted by atomic mass is 10.3. The molecule has 3 aromatic heterocycles. The van der Waals surface area contributed by atoms with Crippen LogP contribution in [0.2, 0.25) is 0 Å². The van der Waals surface area contributed by atoms with Gasteiger partial charge in [-0.05, 0) is 44.5 Å². The van der Waals surface area contributed by atoms with Gasteiger partial charge >= 0.3 is 0 Å². The van der Waals surface area contributed by atoms with Gasteiger partial charge in [0, 0.05) is 32.0 Å². The molecule has 164 valence electrons. The van der Waals surface area contributed by atoms with Crippen molar-refractivity contribution < 1.29 is 8.42 Å². The van der Waals surface area contributed by atoms with Crippen molar-refractivity contribution in [2.24, 2.45) is 0 Å². The average Bonchev–Trinajstić information content (AvgIpc) is 3.27. The molecular formula is C20H25N7O2S2. The number of sulfonamides is 1. The van der Waals surface area contributed by atoms with Gasteiger partial charge in [-0.3, -0.25) is 0 Å². The standard InChI is InChI=1S/C20H25N7O2S2/c1-6-9-26-17-8-7-15(31(28,29)25(4)5)11-16(17)22-18(26)12-30-20-23-19-21-13(2)10-14(3)27(19)24-20/h7-8,10-11H,6,9,12H2,1-5H3. The van der Waals surface area contributed by atoms with Gasteiger partial charge in [0.15, 0.2) is 0 Å². The number of benzene rings is 1. The van der Waals surface area contributed by atoms with Gasteiger partial charge in [0.2, 0.25) is 15.2 Å². The zero-order chi connectivity index (χ0) is 22.3. The summed E-state index contributed by atoms with van der Waals surface area (Å²) in [5.41, 5.74) is 3.48. The van der Waals surface area contributed by atoms with Gasteiger partial charge in [-0.2, -0.15) is 4.98 Å². The molecule has 1 aromatic carbocycles. The Bertz CT molecular complexity index is 1370. The highest BCUT2D eigenvalue weighted by atomic mass is 32.2. The van der Waals surface area contributed by atoms with Crippen LogP contribution in [-0.2, 0) is 22.3 Å². The Balaban J connectivity index is 1.68. The third-order valence-corrected chi connectivity index (χ3v) is 7.60. The van der Waals surface area contributed by atoms with E-state index >= 15 is 0 Å². The molecule has 0 spiro atoms. The SMILES string of the molecule is CCCn1c(CSc2nc3nc(C)cc(C)n3n2)nc2cc(S(=O)(=O)N(C)C)ccc21. The van der Waals surface area contributed by atoms with Crippen molar-refractivity contribution in [3.05, 3.63) is 41.5 Å². The molecule has 0 amide bonds. The van der Waals surface area contributed by atoms with Gasteiger partial charge < -0.3 is 4.57 Å². The maximum Gasteiger partial charge on any atom is 0.253 e. The monoisotopic (exact) mass is 459 g/mol. The number of imidazole rings is 1. The Morgan fingerprint density at radius 3 is 2.58 bits per heavy atom. The molecule has 0 aliphatic carbocycles. The first-order valence-electron chi connectivity index (χ1n) is 9.96. The second kappa shape index (κ2) is 8.21. The van der Waals surface area contributed by atoms with Crippen molar-refractivity contribution in [2.45, 2.75) is 49.5 Å². The van der Waals surface area contributed by atoms with Crippen LogP contribution >= 0.6 is 11.8 Å². The second-order valence-electron chi connectivity index (χ2n) is 7.55. The number of aromatic nitrogens is 6. The van der Waals surface area contributed by atoms with E-state index in [-0.39, 0.29) is 4.90 Å². The molecule has 0 N–H and O–H groups in total. The number of aryl methyl sites for hydroxylation is 3. The summed E-state index contributed by atoms with van der Waals surface area (Å²) in [6.07, 6.45) is 0.940. The van der Waals surface area contributed by atoms with Crippen molar-refractivity contribution in [3.63, 3.8) is 0 Å². The first-order valence-corrected chi connectivity index (χ1v) is 12.4. The lowest BCUT2D eigenvalue weighted by Crippen LogP contribution is -2.22. The van der Waals surface area contributed by atoms with Crippen LogP contribution < -0.4 is 0 Å². The molecule has 0 atom stereocenters. The van der Waals surface area contributed by atoms with Crippen LogP contribution in [-0.4, -0.2) is 56.0 Å². The van der Waals surface area contributed by atoms with Crippen molar-refractivity contribution in [1.29, 1.82) is 0 Å². The van der Waals surface area contributed by atoms with E-state index in [0.29, 0.717) is 22.2 Å². The number of thioether (sulfide) groups is 1. The predicted octanol–water partition coefficient (Wildman–Crippen LogP) is 3.04. The lowest BCUT2D eigenvalue weighted by molar-refractivity contribution is 0.521. The number of hydrogen-bond acceptors (Lipinski definition) is 7. The summed E-state index contributed by atoms with van der Waals surface area (Å²) in [6, 6.07) is 7.09. The summed E-state index contributed by atoms with van der Waals surface area (Å²) in [6.45, 7) is 6.82. The van der Waals surface area contributed by atoms with Gasteiger partial charge in [-0.25, -0.2) is 27.2 Å². The molecule has 11 heteroatoms.